The van der Waals surface area contributed by atoms with Gasteiger partial charge in [-0.25, -0.2) is 4.98 Å². The summed E-state index contributed by atoms with van der Waals surface area (Å²) in [6.07, 6.45) is 4.12. The number of nitrogens with zero attached hydrogens (tertiary/aromatic N) is 1. The third-order valence-corrected chi connectivity index (χ3v) is 3.43. The zero-order chi connectivity index (χ0) is 13.7. The maximum atomic E-state index is 12.0. The normalized spacial score (nSPS) is 22.2. The molecule has 0 unspecified atom stereocenters. The van der Waals surface area contributed by atoms with Crippen LogP contribution in [0.1, 0.15) is 36.5 Å². The molecule has 0 radical (unpaired) electrons. The number of amides is 1. The van der Waals surface area contributed by atoms with Crippen molar-refractivity contribution in [2.24, 2.45) is 5.92 Å². The summed E-state index contributed by atoms with van der Waals surface area (Å²) >= 11 is 0. The Kier molecular flexibility index (Phi) is 4.74. The lowest BCUT2D eigenvalue weighted by molar-refractivity contribution is 0.0916. The molecule has 1 aromatic rings. The standard InChI is InChI=1S/C14H20N2O3/c1-2-19-13-8-10(6-7-15-13)14(18)16-9-11-4-3-5-12(11)17/h6-8,11-12,17H,2-5,9H2,1H3,(H,16,18)/t11-,12+/m1/s1. The monoisotopic (exact) mass is 264 g/mol. The predicted molar refractivity (Wildman–Crippen MR) is 71.1 cm³/mol. The summed E-state index contributed by atoms with van der Waals surface area (Å²) < 4.78 is 5.26. The summed E-state index contributed by atoms with van der Waals surface area (Å²) in [4.78, 5) is 16.0. The van der Waals surface area contributed by atoms with Gasteiger partial charge in [-0.15, -0.1) is 0 Å². The third kappa shape index (κ3) is 3.67. The molecule has 0 spiro atoms. The van der Waals surface area contributed by atoms with Crippen molar-refractivity contribution < 1.29 is 14.6 Å². The Bertz CT molecular complexity index is 436. The summed E-state index contributed by atoms with van der Waals surface area (Å²) in [7, 11) is 0. The van der Waals surface area contributed by atoms with Crippen molar-refractivity contribution in [2.75, 3.05) is 13.2 Å². The fraction of sp³-hybridized carbons (Fsp3) is 0.571. The lowest BCUT2D eigenvalue weighted by atomic mass is 10.1. The van der Waals surface area contributed by atoms with E-state index in [1.165, 1.54) is 0 Å². The van der Waals surface area contributed by atoms with E-state index >= 15 is 0 Å². The maximum absolute atomic E-state index is 12.0. The Labute approximate surface area is 113 Å². The minimum Gasteiger partial charge on any atom is -0.478 e. The van der Waals surface area contributed by atoms with Crippen LogP contribution >= 0.6 is 0 Å². The van der Waals surface area contributed by atoms with Gasteiger partial charge >= 0.3 is 0 Å². The lowest BCUT2D eigenvalue weighted by Gasteiger charge is -2.15. The van der Waals surface area contributed by atoms with E-state index in [4.69, 9.17) is 4.74 Å². The van der Waals surface area contributed by atoms with Crippen LogP contribution < -0.4 is 10.1 Å². The van der Waals surface area contributed by atoms with Crippen molar-refractivity contribution in [3.8, 4) is 5.88 Å². The topological polar surface area (TPSA) is 71.5 Å². The van der Waals surface area contributed by atoms with Crippen LogP contribution in [-0.2, 0) is 0 Å². The van der Waals surface area contributed by atoms with Gasteiger partial charge in [0.2, 0.25) is 5.88 Å². The van der Waals surface area contributed by atoms with Crippen molar-refractivity contribution in [3.63, 3.8) is 0 Å². The SMILES string of the molecule is CCOc1cc(C(=O)NC[C@H]2CCC[C@@H]2O)ccn1. The van der Waals surface area contributed by atoms with E-state index in [-0.39, 0.29) is 17.9 Å². The molecule has 1 fully saturated rings. The highest BCUT2D eigenvalue weighted by Gasteiger charge is 2.25. The number of hydrogen-bond donors (Lipinski definition) is 2. The number of hydrogen-bond acceptors (Lipinski definition) is 4. The van der Waals surface area contributed by atoms with E-state index in [1.54, 1.807) is 18.3 Å². The zero-order valence-corrected chi connectivity index (χ0v) is 11.1. The molecular formula is C14H20N2O3. The average molecular weight is 264 g/mol. The van der Waals surface area contributed by atoms with Gasteiger partial charge in [0.1, 0.15) is 0 Å². The molecule has 5 heteroatoms. The number of nitrogens with one attached hydrogen (secondary N) is 1. The number of ether oxygens (including phenoxy) is 1. The molecular weight excluding hydrogens is 244 g/mol. The van der Waals surface area contributed by atoms with E-state index in [0.29, 0.717) is 24.6 Å². The molecule has 1 aliphatic rings. The van der Waals surface area contributed by atoms with Crippen LogP contribution in [0, 0.1) is 5.92 Å². The van der Waals surface area contributed by atoms with Gasteiger partial charge in [0.05, 0.1) is 12.7 Å². The first-order chi connectivity index (χ1) is 9.20. The molecule has 2 rings (SSSR count). The zero-order valence-electron chi connectivity index (χ0n) is 11.1. The minimum absolute atomic E-state index is 0.151. The first-order valence-corrected chi connectivity index (χ1v) is 6.76. The Hall–Kier alpha value is -1.62. The van der Waals surface area contributed by atoms with Gasteiger partial charge in [0.25, 0.3) is 5.91 Å². The van der Waals surface area contributed by atoms with Gasteiger partial charge in [0.15, 0.2) is 0 Å². The molecule has 0 aliphatic heterocycles. The third-order valence-electron chi connectivity index (χ3n) is 3.43. The molecule has 19 heavy (non-hydrogen) atoms. The van der Waals surface area contributed by atoms with Gasteiger partial charge in [-0.3, -0.25) is 4.79 Å². The highest BCUT2D eigenvalue weighted by Crippen LogP contribution is 2.24. The molecule has 1 amide bonds. The molecule has 1 saturated carbocycles. The molecule has 1 aliphatic carbocycles. The van der Waals surface area contributed by atoms with E-state index in [9.17, 15) is 9.90 Å². The highest BCUT2D eigenvalue weighted by atomic mass is 16.5. The van der Waals surface area contributed by atoms with E-state index in [2.05, 4.69) is 10.3 Å². The second-order valence-electron chi connectivity index (χ2n) is 4.78. The molecule has 2 N–H and O–H groups in total. The van der Waals surface area contributed by atoms with Crippen LogP contribution in [0.4, 0.5) is 0 Å². The van der Waals surface area contributed by atoms with E-state index in [1.807, 2.05) is 6.92 Å². The number of aliphatic hydroxyl groups is 1. The summed E-state index contributed by atoms with van der Waals surface area (Å²) in [6.45, 7) is 2.91. The second-order valence-corrected chi connectivity index (χ2v) is 4.78. The summed E-state index contributed by atoms with van der Waals surface area (Å²) in [5.41, 5.74) is 0.533. The molecule has 0 bridgehead atoms. The molecule has 1 aromatic heterocycles. The predicted octanol–water partition coefficient (Wildman–Crippen LogP) is 1.37. The Morgan fingerprint density at radius 2 is 2.42 bits per heavy atom. The first kappa shape index (κ1) is 13.8. The fourth-order valence-electron chi connectivity index (χ4n) is 2.36. The van der Waals surface area contributed by atoms with Crippen LogP contribution in [0.15, 0.2) is 18.3 Å². The average Bonchev–Trinajstić information content (AvgIpc) is 2.82. The number of carbonyl (C=O) groups excluding carboxylic acids is 1. The van der Waals surface area contributed by atoms with Gasteiger partial charge in [0, 0.05) is 30.3 Å². The molecule has 5 nitrogen and oxygen atoms in total. The lowest BCUT2D eigenvalue weighted by Crippen LogP contribution is -2.32. The first-order valence-electron chi connectivity index (χ1n) is 6.76. The fourth-order valence-corrected chi connectivity index (χ4v) is 2.36. The maximum Gasteiger partial charge on any atom is 0.251 e. The highest BCUT2D eigenvalue weighted by molar-refractivity contribution is 5.94. The summed E-state index contributed by atoms with van der Waals surface area (Å²) in [6, 6.07) is 3.28. The number of pyridine rings is 1. The summed E-state index contributed by atoms with van der Waals surface area (Å²) in [5, 5.41) is 12.6. The van der Waals surface area contributed by atoms with E-state index < -0.39 is 0 Å². The van der Waals surface area contributed by atoms with Gasteiger partial charge in [-0.05, 0) is 25.8 Å². The van der Waals surface area contributed by atoms with Crippen molar-refractivity contribution >= 4 is 5.91 Å². The number of rotatable bonds is 5. The Morgan fingerprint density at radius 1 is 1.58 bits per heavy atom. The van der Waals surface area contributed by atoms with Crippen molar-refractivity contribution in [1.82, 2.24) is 10.3 Å². The summed E-state index contributed by atoms with van der Waals surface area (Å²) in [5.74, 6) is 0.482. The number of aliphatic hydroxyl groups excluding tert-OH is 1. The Balaban J connectivity index is 1.90. The molecule has 1 heterocycles. The number of carbonyl (C=O) groups is 1. The van der Waals surface area contributed by atoms with Crippen molar-refractivity contribution in [2.45, 2.75) is 32.3 Å². The Morgan fingerprint density at radius 3 is 3.11 bits per heavy atom. The molecule has 104 valence electrons. The van der Waals surface area contributed by atoms with E-state index in [0.717, 1.165) is 19.3 Å². The quantitative estimate of drug-likeness (QED) is 0.842. The van der Waals surface area contributed by atoms with Crippen LogP contribution in [-0.4, -0.2) is 35.3 Å². The van der Waals surface area contributed by atoms with Crippen LogP contribution in [0.3, 0.4) is 0 Å². The molecule has 0 aromatic carbocycles. The van der Waals surface area contributed by atoms with Gasteiger partial charge in [-0.2, -0.15) is 0 Å². The number of aromatic nitrogens is 1. The smallest absolute Gasteiger partial charge is 0.251 e. The largest absolute Gasteiger partial charge is 0.478 e. The van der Waals surface area contributed by atoms with Crippen LogP contribution in [0.5, 0.6) is 5.88 Å². The van der Waals surface area contributed by atoms with Crippen molar-refractivity contribution in [3.05, 3.63) is 23.9 Å². The van der Waals surface area contributed by atoms with Crippen molar-refractivity contribution in [1.29, 1.82) is 0 Å². The molecule has 0 saturated heterocycles. The second kappa shape index (κ2) is 6.52. The minimum atomic E-state index is -0.281. The van der Waals surface area contributed by atoms with Crippen LogP contribution in [0.2, 0.25) is 0 Å². The van der Waals surface area contributed by atoms with Crippen LogP contribution in [0.25, 0.3) is 0 Å². The van der Waals surface area contributed by atoms with Gasteiger partial charge in [-0.1, -0.05) is 6.42 Å². The van der Waals surface area contributed by atoms with Gasteiger partial charge < -0.3 is 15.2 Å². The molecule has 2 atom stereocenters.